The van der Waals surface area contributed by atoms with Crippen LogP contribution in [0.15, 0.2) is 72.8 Å². The molecular weight excluding hydrogens is 440 g/mol. The summed E-state index contributed by atoms with van der Waals surface area (Å²) in [5.74, 6) is -1.83. The lowest BCUT2D eigenvalue weighted by atomic mass is 10.0. The Balaban J connectivity index is 1.56. The zero-order valence-corrected chi connectivity index (χ0v) is 20.4. The van der Waals surface area contributed by atoms with E-state index in [9.17, 15) is 14.4 Å². The smallest absolute Gasteiger partial charge is 0.346 e. The van der Waals surface area contributed by atoms with Crippen LogP contribution >= 0.6 is 0 Å². The largest absolute Gasteiger partial charge is 0.462 e. The standard InChI is InChI=1S/C30H32O5/c1-3-5-9-23-14-16-25(17-15-23)28(31)34-21-20-24-10-6-7-11-27(24)30(33)35-29(32)26-18-12-22(8-4-2)13-19-26/h6-7,10-19H,3-5,8-9,20-21H2,1-2H3. The molecule has 182 valence electrons. The van der Waals surface area contributed by atoms with Gasteiger partial charge in [0.1, 0.15) is 0 Å². The summed E-state index contributed by atoms with van der Waals surface area (Å²) >= 11 is 0. The highest BCUT2D eigenvalue weighted by atomic mass is 16.6. The summed E-state index contributed by atoms with van der Waals surface area (Å²) in [6.45, 7) is 4.34. The number of ether oxygens (including phenoxy) is 2. The summed E-state index contributed by atoms with van der Waals surface area (Å²) < 4.78 is 10.5. The zero-order valence-electron chi connectivity index (χ0n) is 20.4. The molecule has 0 atom stereocenters. The number of carbonyl (C=O) groups is 3. The molecule has 0 radical (unpaired) electrons. The zero-order chi connectivity index (χ0) is 25.0. The third-order valence-corrected chi connectivity index (χ3v) is 5.76. The van der Waals surface area contributed by atoms with Gasteiger partial charge in [0, 0.05) is 6.42 Å². The molecule has 0 unspecified atom stereocenters. The van der Waals surface area contributed by atoms with Gasteiger partial charge in [-0.15, -0.1) is 0 Å². The second-order valence-corrected chi connectivity index (χ2v) is 8.47. The third kappa shape index (κ3) is 7.64. The lowest BCUT2D eigenvalue weighted by molar-refractivity contribution is 0.0397. The average Bonchev–Trinajstić information content (AvgIpc) is 2.88. The van der Waals surface area contributed by atoms with Crippen molar-refractivity contribution in [1.82, 2.24) is 0 Å². The molecule has 3 aromatic carbocycles. The minimum atomic E-state index is -0.725. The number of aryl methyl sites for hydroxylation is 2. The molecule has 0 saturated carbocycles. The van der Waals surface area contributed by atoms with Crippen LogP contribution in [0, 0.1) is 0 Å². The maximum Gasteiger partial charge on any atom is 0.346 e. The van der Waals surface area contributed by atoms with Gasteiger partial charge < -0.3 is 9.47 Å². The van der Waals surface area contributed by atoms with Gasteiger partial charge in [0.15, 0.2) is 0 Å². The number of hydrogen-bond acceptors (Lipinski definition) is 5. The normalized spacial score (nSPS) is 10.6. The Kier molecular flexibility index (Phi) is 9.79. The topological polar surface area (TPSA) is 69.7 Å². The van der Waals surface area contributed by atoms with Crippen LogP contribution < -0.4 is 0 Å². The van der Waals surface area contributed by atoms with Crippen molar-refractivity contribution in [3.63, 3.8) is 0 Å². The van der Waals surface area contributed by atoms with Crippen molar-refractivity contribution in [2.75, 3.05) is 6.61 Å². The van der Waals surface area contributed by atoms with Gasteiger partial charge in [-0.1, -0.05) is 69.2 Å². The summed E-state index contributed by atoms with van der Waals surface area (Å²) in [6, 6.07) is 21.4. The van der Waals surface area contributed by atoms with Crippen molar-refractivity contribution in [3.8, 4) is 0 Å². The van der Waals surface area contributed by atoms with Gasteiger partial charge in [-0.3, -0.25) is 0 Å². The minimum Gasteiger partial charge on any atom is -0.462 e. The Morgan fingerprint density at radius 2 is 1.23 bits per heavy atom. The van der Waals surface area contributed by atoms with Crippen LogP contribution in [0.3, 0.4) is 0 Å². The first kappa shape index (κ1) is 25.9. The van der Waals surface area contributed by atoms with Crippen LogP contribution in [0.1, 0.15) is 80.9 Å². The fourth-order valence-electron chi connectivity index (χ4n) is 3.76. The highest BCUT2D eigenvalue weighted by Gasteiger charge is 2.18. The first-order valence-electron chi connectivity index (χ1n) is 12.2. The van der Waals surface area contributed by atoms with E-state index in [-0.39, 0.29) is 12.2 Å². The fourth-order valence-corrected chi connectivity index (χ4v) is 3.76. The molecule has 0 aliphatic heterocycles. The second kappa shape index (κ2) is 13.2. The van der Waals surface area contributed by atoms with E-state index in [1.165, 1.54) is 5.56 Å². The van der Waals surface area contributed by atoms with Crippen LogP contribution in [0.5, 0.6) is 0 Å². The van der Waals surface area contributed by atoms with Crippen molar-refractivity contribution >= 4 is 17.9 Å². The highest BCUT2D eigenvalue weighted by Crippen LogP contribution is 2.15. The van der Waals surface area contributed by atoms with Gasteiger partial charge in [-0.2, -0.15) is 0 Å². The summed E-state index contributed by atoms with van der Waals surface area (Å²) in [5, 5.41) is 0. The molecule has 3 rings (SSSR count). The van der Waals surface area contributed by atoms with Crippen molar-refractivity contribution < 1.29 is 23.9 Å². The fraction of sp³-hybridized carbons (Fsp3) is 0.300. The van der Waals surface area contributed by atoms with E-state index in [0.717, 1.165) is 37.7 Å². The Bertz CT molecular complexity index is 1130. The van der Waals surface area contributed by atoms with Crippen LogP contribution in [-0.2, 0) is 28.7 Å². The van der Waals surface area contributed by atoms with E-state index in [1.54, 1.807) is 48.5 Å². The molecule has 5 heteroatoms. The number of hydrogen-bond donors (Lipinski definition) is 0. The Morgan fingerprint density at radius 1 is 0.629 bits per heavy atom. The molecule has 3 aromatic rings. The lowest BCUT2D eigenvalue weighted by Crippen LogP contribution is -2.16. The molecule has 0 saturated heterocycles. The monoisotopic (exact) mass is 472 g/mol. The van der Waals surface area contributed by atoms with E-state index in [2.05, 4.69) is 13.8 Å². The molecule has 0 bridgehead atoms. The van der Waals surface area contributed by atoms with Crippen LogP contribution in [0.2, 0.25) is 0 Å². The van der Waals surface area contributed by atoms with Crippen LogP contribution in [-0.4, -0.2) is 24.5 Å². The van der Waals surface area contributed by atoms with Crippen molar-refractivity contribution in [1.29, 1.82) is 0 Å². The van der Waals surface area contributed by atoms with Gasteiger partial charge in [-0.05, 0) is 66.3 Å². The average molecular weight is 473 g/mol. The van der Waals surface area contributed by atoms with E-state index in [1.807, 2.05) is 24.3 Å². The van der Waals surface area contributed by atoms with Gasteiger partial charge in [0.2, 0.25) is 0 Å². The summed E-state index contributed by atoms with van der Waals surface area (Å²) in [4.78, 5) is 37.5. The third-order valence-electron chi connectivity index (χ3n) is 5.76. The number of carbonyl (C=O) groups excluding carboxylic acids is 3. The first-order chi connectivity index (χ1) is 17.0. The van der Waals surface area contributed by atoms with Gasteiger partial charge in [-0.25, -0.2) is 14.4 Å². The van der Waals surface area contributed by atoms with E-state index in [0.29, 0.717) is 23.1 Å². The summed E-state index contributed by atoms with van der Waals surface area (Å²) in [5.41, 5.74) is 4.06. The van der Waals surface area contributed by atoms with E-state index in [4.69, 9.17) is 9.47 Å². The maximum atomic E-state index is 12.7. The molecule has 0 aliphatic rings. The Hall–Kier alpha value is -3.73. The van der Waals surface area contributed by atoms with E-state index < -0.39 is 17.9 Å². The highest BCUT2D eigenvalue weighted by molar-refractivity contribution is 6.03. The van der Waals surface area contributed by atoms with E-state index >= 15 is 0 Å². The lowest BCUT2D eigenvalue weighted by Gasteiger charge is -2.10. The minimum absolute atomic E-state index is 0.105. The maximum absolute atomic E-state index is 12.7. The molecule has 0 fully saturated rings. The number of rotatable bonds is 11. The molecule has 0 aromatic heterocycles. The van der Waals surface area contributed by atoms with Gasteiger partial charge >= 0.3 is 17.9 Å². The SMILES string of the molecule is CCCCc1ccc(C(=O)OCCc2ccccc2C(=O)OC(=O)c2ccc(CCC)cc2)cc1. The van der Waals surface area contributed by atoms with Gasteiger partial charge in [0.05, 0.1) is 23.3 Å². The second-order valence-electron chi connectivity index (χ2n) is 8.47. The summed E-state index contributed by atoms with van der Waals surface area (Å²) in [6.07, 6.45) is 5.49. The number of esters is 3. The van der Waals surface area contributed by atoms with Crippen LogP contribution in [0.4, 0.5) is 0 Å². The van der Waals surface area contributed by atoms with Crippen molar-refractivity contribution in [2.45, 2.75) is 52.4 Å². The molecule has 0 aliphatic carbocycles. The molecular formula is C30H32O5. The van der Waals surface area contributed by atoms with Crippen LogP contribution in [0.25, 0.3) is 0 Å². The Morgan fingerprint density at radius 3 is 1.86 bits per heavy atom. The summed E-state index contributed by atoms with van der Waals surface area (Å²) in [7, 11) is 0. The van der Waals surface area contributed by atoms with Crippen molar-refractivity contribution in [3.05, 3.63) is 106 Å². The molecule has 5 nitrogen and oxygen atoms in total. The first-order valence-corrected chi connectivity index (χ1v) is 12.2. The molecule has 0 N–H and O–H groups in total. The molecule has 0 heterocycles. The number of benzene rings is 3. The van der Waals surface area contributed by atoms with Crippen molar-refractivity contribution in [2.24, 2.45) is 0 Å². The predicted molar refractivity (Wildman–Crippen MR) is 136 cm³/mol. The quantitative estimate of drug-likeness (QED) is 0.239. The molecule has 0 spiro atoms. The Labute approximate surface area is 207 Å². The molecule has 0 amide bonds. The molecule has 35 heavy (non-hydrogen) atoms. The number of unbranched alkanes of at least 4 members (excludes halogenated alkanes) is 1. The predicted octanol–water partition coefficient (Wildman–Crippen LogP) is 6.38. The van der Waals surface area contributed by atoms with Gasteiger partial charge in [0.25, 0.3) is 0 Å².